The van der Waals surface area contributed by atoms with Crippen LogP contribution in [-0.4, -0.2) is 37.4 Å². The molecule has 1 aromatic carbocycles. The first-order valence-corrected chi connectivity index (χ1v) is 5.82. The van der Waals surface area contributed by atoms with Crippen LogP contribution in [0.25, 0.3) is 0 Å². The Morgan fingerprint density at radius 2 is 2.12 bits per heavy atom. The minimum absolute atomic E-state index is 0.342. The topological polar surface area (TPSA) is 49.8 Å². The Balaban J connectivity index is 2.08. The highest BCUT2D eigenvalue weighted by atomic mass is 16.5. The largest absolute Gasteiger partial charge is 0.478 e. The SMILES string of the molecule is COC1CCN(c2cccc(C(=O)O)c2)CC1. The standard InChI is InChI=1S/C13H17NO3/c1-17-12-5-7-14(8-6-12)11-4-2-3-10(9-11)13(15)16/h2-4,9,12H,5-8H2,1H3,(H,15,16). The van der Waals surface area contributed by atoms with Crippen molar-refractivity contribution >= 4 is 11.7 Å². The Labute approximate surface area is 101 Å². The van der Waals surface area contributed by atoms with Gasteiger partial charge in [-0.3, -0.25) is 0 Å². The molecule has 1 N–H and O–H groups in total. The van der Waals surface area contributed by atoms with E-state index in [-0.39, 0.29) is 0 Å². The molecule has 1 aliphatic heterocycles. The zero-order chi connectivity index (χ0) is 12.3. The number of carboxylic acid groups (broad SMARTS) is 1. The van der Waals surface area contributed by atoms with Crippen molar-refractivity contribution in [3.8, 4) is 0 Å². The molecular formula is C13H17NO3. The molecule has 4 heteroatoms. The van der Waals surface area contributed by atoms with Crippen molar-refractivity contribution in [2.24, 2.45) is 0 Å². The van der Waals surface area contributed by atoms with E-state index in [1.807, 2.05) is 6.07 Å². The van der Waals surface area contributed by atoms with Crippen LogP contribution < -0.4 is 4.90 Å². The summed E-state index contributed by atoms with van der Waals surface area (Å²) in [6.45, 7) is 1.84. The molecule has 0 bridgehead atoms. The van der Waals surface area contributed by atoms with Gasteiger partial charge in [0.25, 0.3) is 0 Å². The minimum Gasteiger partial charge on any atom is -0.478 e. The van der Waals surface area contributed by atoms with Gasteiger partial charge in [0.2, 0.25) is 0 Å². The van der Waals surface area contributed by atoms with Crippen LogP contribution in [0.15, 0.2) is 24.3 Å². The third-order valence-electron chi connectivity index (χ3n) is 3.23. The number of methoxy groups -OCH3 is 1. The van der Waals surface area contributed by atoms with Gasteiger partial charge >= 0.3 is 5.97 Å². The number of hydrogen-bond donors (Lipinski definition) is 1. The molecular weight excluding hydrogens is 218 g/mol. The van der Waals surface area contributed by atoms with Gasteiger partial charge in [0.05, 0.1) is 11.7 Å². The van der Waals surface area contributed by atoms with Gasteiger partial charge in [-0.2, -0.15) is 0 Å². The normalized spacial score (nSPS) is 17.1. The second-order valence-corrected chi connectivity index (χ2v) is 4.28. The van der Waals surface area contributed by atoms with Gasteiger partial charge in [-0.05, 0) is 31.0 Å². The van der Waals surface area contributed by atoms with Gasteiger partial charge in [0.1, 0.15) is 0 Å². The second-order valence-electron chi connectivity index (χ2n) is 4.28. The van der Waals surface area contributed by atoms with Crippen LogP contribution in [0.2, 0.25) is 0 Å². The summed E-state index contributed by atoms with van der Waals surface area (Å²) >= 11 is 0. The molecule has 0 spiro atoms. The van der Waals surface area contributed by atoms with E-state index >= 15 is 0 Å². The summed E-state index contributed by atoms with van der Waals surface area (Å²) in [4.78, 5) is 13.1. The molecule has 17 heavy (non-hydrogen) atoms. The molecule has 4 nitrogen and oxygen atoms in total. The molecule has 1 aliphatic rings. The van der Waals surface area contributed by atoms with Crippen LogP contribution in [-0.2, 0) is 4.74 Å². The highest BCUT2D eigenvalue weighted by Gasteiger charge is 2.19. The Bertz CT molecular complexity index is 397. The maximum atomic E-state index is 10.9. The number of hydrogen-bond acceptors (Lipinski definition) is 3. The maximum absolute atomic E-state index is 10.9. The van der Waals surface area contributed by atoms with Crippen LogP contribution in [0.4, 0.5) is 5.69 Å². The van der Waals surface area contributed by atoms with Gasteiger partial charge in [-0.25, -0.2) is 4.79 Å². The average molecular weight is 235 g/mol. The summed E-state index contributed by atoms with van der Waals surface area (Å²) in [5, 5.41) is 8.95. The number of piperidine rings is 1. The highest BCUT2D eigenvalue weighted by molar-refractivity contribution is 5.88. The molecule has 0 atom stereocenters. The molecule has 0 radical (unpaired) electrons. The number of rotatable bonds is 3. The molecule has 2 rings (SSSR count). The number of anilines is 1. The molecule has 0 amide bonds. The summed E-state index contributed by atoms with van der Waals surface area (Å²) < 4.78 is 5.32. The van der Waals surface area contributed by atoms with Crippen molar-refractivity contribution in [2.75, 3.05) is 25.1 Å². The monoisotopic (exact) mass is 235 g/mol. The lowest BCUT2D eigenvalue weighted by atomic mass is 10.1. The summed E-state index contributed by atoms with van der Waals surface area (Å²) in [6.07, 6.45) is 2.33. The molecule has 0 aromatic heterocycles. The summed E-state index contributed by atoms with van der Waals surface area (Å²) in [5.41, 5.74) is 1.33. The lowest BCUT2D eigenvalue weighted by molar-refractivity contribution is 0.0696. The molecule has 92 valence electrons. The van der Waals surface area contributed by atoms with E-state index in [4.69, 9.17) is 9.84 Å². The van der Waals surface area contributed by atoms with Gasteiger partial charge in [-0.15, -0.1) is 0 Å². The van der Waals surface area contributed by atoms with Crippen molar-refractivity contribution < 1.29 is 14.6 Å². The van der Waals surface area contributed by atoms with Crippen molar-refractivity contribution in [3.63, 3.8) is 0 Å². The highest BCUT2D eigenvalue weighted by Crippen LogP contribution is 2.22. The second kappa shape index (κ2) is 5.19. The third kappa shape index (κ3) is 2.77. The molecule has 1 saturated heterocycles. The lowest BCUT2D eigenvalue weighted by Crippen LogP contribution is -2.36. The van der Waals surface area contributed by atoms with Crippen molar-refractivity contribution in [1.29, 1.82) is 0 Å². The molecule has 1 heterocycles. The smallest absolute Gasteiger partial charge is 0.335 e. The molecule has 1 aromatic rings. The van der Waals surface area contributed by atoms with E-state index < -0.39 is 5.97 Å². The van der Waals surface area contributed by atoms with Crippen LogP contribution in [0.1, 0.15) is 23.2 Å². The number of benzene rings is 1. The fraction of sp³-hybridized carbons (Fsp3) is 0.462. The van der Waals surface area contributed by atoms with E-state index in [0.717, 1.165) is 31.6 Å². The number of nitrogens with zero attached hydrogens (tertiary/aromatic N) is 1. The van der Waals surface area contributed by atoms with Gasteiger partial charge < -0.3 is 14.7 Å². The Morgan fingerprint density at radius 1 is 1.41 bits per heavy atom. The lowest BCUT2D eigenvalue weighted by Gasteiger charge is -2.33. The van der Waals surface area contributed by atoms with Gasteiger partial charge in [0.15, 0.2) is 0 Å². The molecule has 1 fully saturated rings. The quantitative estimate of drug-likeness (QED) is 0.870. The predicted molar refractivity (Wildman–Crippen MR) is 65.6 cm³/mol. The maximum Gasteiger partial charge on any atom is 0.335 e. The molecule has 0 saturated carbocycles. The third-order valence-corrected chi connectivity index (χ3v) is 3.23. The van der Waals surface area contributed by atoms with E-state index in [9.17, 15) is 4.79 Å². The van der Waals surface area contributed by atoms with Gasteiger partial charge in [0, 0.05) is 25.9 Å². The number of carboxylic acids is 1. The fourth-order valence-corrected chi connectivity index (χ4v) is 2.19. The van der Waals surface area contributed by atoms with Gasteiger partial charge in [-0.1, -0.05) is 6.07 Å². The van der Waals surface area contributed by atoms with E-state index in [0.29, 0.717) is 11.7 Å². The first kappa shape index (κ1) is 11.9. The summed E-state index contributed by atoms with van der Waals surface area (Å²) in [6, 6.07) is 7.10. The van der Waals surface area contributed by atoms with E-state index in [2.05, 4.69) is 4.90 Å². The average Bonchev–Trinajstić information content (AvgIpc) is 2.39. The van der Waals surface area contributed by atoms with E-state index in [1.54, 1.807) is 25.3 Å². The first-order chi connectivity index (χ1) is 8.20. The van der Waals surface area contributed by atoms with Crippen molar-refractivity contribution in [3.05, 3.63) is 29.8 Å². The zero-order valence-corrected chi connectivity index (χ0v) is 9.93. The van der Waals surface area contributed by atoms with Crippen LogP contribution in [0.5, 0.6) is 0 Å². The predicted octanol–water partition coefficient (Wildman–Crippen LogP) is 2.00. The summed E-state index contributed by atoms with van der Waals surface area (Å²) in [7, 11) is 1.74. The zero-order valence-electron chi connectivity index (χ0n) is 9.93. The first-order valence-electron chi connectivity index (χ1n) is 5.82. The Hall–Kier alpha value is -1.55. The van der Waals surface area contributed by atoms with E-state index in [1.165, 1.54) is 0 Å². The van der Waals surface area contributed by atoms with Crippen LogP contribution in [0, 0.1) is 0 Å². The summed E-state index contributed by atoms with van der Waals surface area (Å²) in [5.74, 6) is -0.876. The number of ether oxygens (including phenoxy) is 1. The Morgan fingerprint density at radius 3 is 2.71 bits per heavy atom. The fourth-order valence-electron chi connectivity index (χ4n) is 2.19. The number of aromatic carboxylic acids is 1. The minimum atomic E-state index is -0.876. The van der Waals surface area contributed by atoms with Crippen LogP contribution in [0.3, 0.4) is 0 Å². The Kier molecular flexibility index (Phi) is 3.64. The molecule has 0 unspecified atom stereocenters. The van der Waals surface area contributed by atoms with Crippen molar-refractivity contribution in [1.82, 2.24) is 0 Å². The van der Waals surface area contributed by atoms with Crippen LogP contribution >= 0.6 is 0 Å². The number of carbonyl (C=O) groups is 1. The molecule has 0 aliphatic carbocycles. The van der Waals surface area contributed by atoms with Crippen molar-refractivity contribution in [2.45, 2.75) is 18.9 Å².